The van der Waals surface area contributed by atoms with Gasteiger partial charge < -0.3 is 10.6 Å². The highest BCUT2D eigenvalue weighted by Gasteiger charge is 2.40. The summed E-state index contributed by atoms with van der Waals surface area (Å²) in [6, 6.07) is 4.79. The van der Waals surface area contributed by atoms with E-state index in [1.807, 2.05) is 13.0 Å². The number of thioether (sulfide) groups is 1. The lowest BCUT2D eigenvalue weighted by atomic mass is 9.92. The molecule has 5 heteroatoms. The van der Waals surface area contributed by atoms with Gasteiger partial charge in [0.1, 0.15) is 5.82 Å². The van der Waals surface area contributed by atoms with E-state index < -0.39 is 5.54 Å². The Kier molecular flexibility index (Phi) is 4.22. The zero-order chi connectivity index (χ0) is 14.9. The van der Waals surface area contributed by atoms with E-state index in [1.165, 1.54) is 6.07 Å². The topological polar surface area (TPSA) is 41.1 Å². The first-order valence-corrected chi connectivity index (χ1v) is 8.61. The maximum Gasteiger partial charge on any atom is 0.240 e. The number of benzene rings is 1. The van der Waals surface area contributed by atoms with Crippen molar-refractivity contribution < 1.29 is 9.18 Å². The normalized spacial score (nSPS) is 28.2. The van der Waals surface area contributed by atoms with Gasteiger partial charge in [0.05, 0.1) is 11.6 Å². The largest absolute Gasteiger partial charge is 0.348 e. The van der Waals surface area contributed by atoms with Crippen LogP contribution in [0.3, 0.4) is 0 Å². The first kappa shape index (κ1) is 14.9. The molecule has 1 aromatic rings. The van der Waals surface area contributed by atoms with Crippen LogP contribution in [0.15, 0.2) is 23.1 Å². The van der Waals surface area contributed by atoms with Crippen molar-refractivity contribution in [2.24, 2.45) is 0 Å². The molecule has 1 saturated heterocycles. The van der Waals surface area contributed by atoms with Gasteiger partial charge >= 0.3 is 0 Å². The van der Waals surface area contributed by atoms with Crippen molar-refractivity contribution in [3.8, 4) is 0 Å². The van der Waals surface area contributed by atoms with Crippen molar-refractivity contribution in [1.29, 1.82) is 0 Å². The third-order valence-electron chi connectivity index (χ3n) is 4.60. The number of rotatable bonds is 3. The van der Waals surface area contributed by atoms with Crippen LogP contribution in [0.2, 0.25) is 0 Å². The third kappa shape index (κ3) is 2.81. The molecule has 0 bridgehead atoms. The zero-order valence-corrected chi connectivity index (χ0v) is 13.1. The number of fused-ring (bicyclic) bond motifs is 1. The zero-order valence-electron chi connectivity index (χ0n) is 12.2. The molecule has 2 atom stereocenters. The first-order chi connectivity index (χ1) is 10.1. The lowest BCUT2D eigenvalue weighted by Crippen LogP contribution is -2.54. The number of carbonyl (C=O) groups excluding carboxylic acids is 1. The van der Waals surface area contributed by atoms with Gasteiger partial charge in [-0.15, -0.1) is 11.8 Å². The number of carbonyl (C=O) groups is 1. The molecule has 2 aliphatic heterocycles. The highest BCUT2D eigenvalue weighted by molar-refractivity contribution is 7.99. The predicted molar refractivity (Wildman–Crippen MR) is 82.9 cm³/mol. The second-order valence-corrected chi connectivity index (χ2v) is 6.95. The van der Waals surface area contributed by atoms with Gasteiger partial charge in [0.25, 0.3) is 0 Å². The molecule has 1 amide bonds. The Balaban J connectivity index is 1.80. The summed E-state index contributed by atoms with van der Waals surface area (Å²) in [5, 5.41) is 6.51. The SMILES string of the molecule is CCC1(C(=O)NC2CCSc3ccc(F)cc32)CCCN1. The van der Waals surface area contributed by atoms with Crippen LogP contribution in [0.5, 0.6) is 0 Å². The molecule has 1 aromatic carbocycles. The molecule has 0 radical (unpaired) electrons. The predicted octanol–water partition coefficient (Wildman–Crippen LogP) is 3.01. The lowest BCUT2D eigenvalue weighted by Gasteiger charge is -2.32. The lowest BCUT2D eigenvalue weighted by molar-refractivity contribution is -0.128. The molecule has 3 nitrogen and oxygen atoms in total. The van der Waals surface area contributed by atoms with Gasteiger partial charge in [-0.3, -0.25) is 4.79 Å². The minimum atomic E-state index is -0.432. The molecule has 3 rings (SSSR count). The molecule has 0 spiro atoms. The van der Waals surface area contributed by atoms with Crippen LogP contribution < -0.4 is 10.6 Å². The smallest absolute Gasteiger partial charge is 0.240 e. The van der Waals surface area contributed by atoms with Crippen LogP contribution in [0.25, 0.3) is 0 Å². The van der Waals surface area contributed by atoms with E-state index in [1.54, 1.807) is 17.8 Å². The highest BCUT2D eigenvalue weighted by atomic mass is 32.2. The van der Waals surface area contributed by atoms with Crippen molar-refractivity contribution >= 4 is 17.7 Å². The molecule has 2 aliphatic rings. The van der Waals surface area contributed by atoms with Gasteiger partial charge in [0, 0.05) is 10.6 Å². The first-order valence-electron chi connectivity index (χ1n) is 7.63. The number of amides is 1. The van der Waals surface area contributed by atoms with Crippen molar-refractivity contribution in [1.82, 2.24) is 10.6 Å². The molecule has 0 aliphatic carbocycles. The number of nitrogens with one attached hydrogen (secondary N) is 2. The molecule has 21 heavy (non-hydrogen) atoms. The van der Waals surface area contributed by atoms with E-state index in [0.29, 0.717) is 0 Å². The van der Waals surface area contributed by atoms with E-state index in [9.17, 15) is 9.18 Å². The second-order valence-electron chi connectivity index (χ2n) is 5.81. The Morgan fingerprint density at radius 3 is 3.14 bits per heavy atom. The quantitative estimate of drug-likeness (QED) is 0.902. The van der Waals surface area contributed by atoms with E-state index in [2.05, 4.69) is 10.6 Å². The fourth-order valence-electron chi connectivity index (χ4n) is 3.27. The third-order valence-corrected chi connectivity index (χ3v) is 5.72. The number of halogens is 1. The molecule has 0 aromatic heterocycles. The average molecular weight is 308 g/mol. The standard InChI is InChI=1S/C16H21FN2OS/c1-2-16(7-3-8-18-16)15(20)19-13-6-9-21-14-5-4-11(17)10-12(13)14/h4-5,10,13,18H,2-3,6-9H2,1H3,(H,19,20). The van der Waals surface area contributed by atoms with Crippen molar-refractivity contribution in [2.45, 2.75) is 49.1 Å². The summed E-state index contributed by atoms with van der Waals surface area (Å²) < 4.78 is 13.5. The van der Waals surface area contributed by atoms with E-state index in [0.717, 1.165) is 48.4 Å². The molecule has 0 saturated carbocycles. The number of hydrogen-bond acceptors (Lipinski definition) is 3. The monoisotopic (exact) mass is 308 g/mol. The Bertz CT molecular complexity index is 543. The molecule has 1 fully saturated rings. The molecule has 2 heterocycles. The Morgan fingerprint density at radius 1 is 1.57 bits per heavy atom. The summed E-state index contributed by atoms with van der Waals surface area (Å²) in [6.07, 6.45) is 3.56. The van der Waals surface area contributed by atoms with E-state index in [-0.39, 0.29) is 17.8 Å². The Morgan fingerprint density at radius 2 is 2.43 bits per heavy atom. The maximum atomic E-state index is 13.5. The maximum absolute atomic E-state index is 13.5. The highest BCUT2D eigenvalue weighted by Crippen LogP contribution is 2.37. The van der Waals surface area contributed by atoms with Crippen LogP contribution >= 0.6 is 11.8 Å². The second kappa shape index (κ2) is 5.97. The Hall–Kier alpha value is -1.07. The Labute approximate surface area is 129 Å². The van der Waals surface area contributed by atoms with Gasteiger partial charge in [0.2, 0.25) is 5.91 Å². The van der Waals surface area contributed by atoms with Crippen molar-refractivity contribution in [3.63, 3.8) is 0 Å². The summed E-state index contributed by atoms with van der Waals surface area (Å²) in [6.45, 7) is 2.94. The molecule has 114 valence electrons. The molecule has 2 N–H and O–H groups in total. The summed E-state index contributed by atoms with van der Waals surface area (Å²) >= 11 is 1.73. The van der Waals surface area contributed by atoms with Crippen LogP contribution in [-0.4, -0.2) is 23.7 Å². The van der Waals surface area contributed by atoms with Gasteiger partial charge in [-0.05, 0) is 56.0 Å². The summed E-state index contributed by atoms with van der Waals surface area (Å²) in [7, 11) is 0. The van der Waals surface area contributed by atoms with Gasteiger partial charge in [0.15, 0.2) is 0 Å². The minimum absolute atomic E-state index is 0.0645. The molecular formula is C16H21FN2OS. The minimum Gasteiger partial charge on any atom is -0.348 e. The van der Waals surface area contributed by atoms with Crippen LogP contribution in [0.4, 0.5) is 4.39 Å². The summed E-state index contributed by atoms with van der Waals surface area (Å²) in [5.74, 6) is 0.783. The summed E-state index contributed by atoms with van der Waals surface area (Å²) in [4.78, 5) is 13.8. The number of hydrogen-bond donors (Lipinski definition) is 2. The van der Waals surface area contributed by atoms with Crippen molar-refractivity contribution in [2.75, 3.05) is 12.3 Å². The van der Waals surface area contributed by atoms with Gasteiger partial charge in [-0.25, -0.2) is 4.39 Å². The fourth-order valence-corrected chi connectivity index (χ4v) is 4.38. The van der Waals surface area contributed by atoms with Crippen LogP contribution in [0.1, 0.15) is 44.2 Å². The fraction of sp³-hybridized carbons (Fsp3) is 0.562. The molecular weight excluding hydrogens is 287 g/mol. The summed E-state index contributed by atoms with van der Waals surface area (Å²) in [5.41, 5.74) is 0.488. The van der Waals surface area contributed by atoms with E-state index >= 15 is 0 Å². The van der Waals surface area contributed by atoms with Crippen molar-refractivity contribution in [3.05, 3.63) is 29.6 Å². The van der Waals surface area contributed by atoms with Gasteiger partial charge in [-0.2, -0.15) is 0 Å². The van der Waals surface area contributed by atoms with Crippen LogP contribution in [-0.2, 0) is 4.79 Å². The van der Waals surface area contributed by atoms with Gasteiger partial charge in [-0.1, -0.05) is 6.92 Å². The molecule has 2 unspecified atom stereocenters. The van der Waals surface area contributed by atoms with E-state index in [4.69, 9.17) is 0 Å². The average Bonchev–Trinajstić information content (AvgIpc) is 2.98. The van der Waals surface area contributed by atoms with Crippen LogP contribution in [0, 0.1) is 5.82 Å².